The molecule has 0 saturated carbocycles. The number of nitrogens with zero attached hydrogens (tertiary/aromatic N) is 1. The van der Waals surface area contributed by atoms with Crippen molar-refractivity contribution in [1.82, 2.24) is 4.90 Å². The third kappa shape index (κ3) is 1.44. The molecule has 0 aromatic heterocycles. The van der Waals surface area contributed by atoms with Crippen molar-refractivity contribution in [2.45, 2.75) is 6.42 Å². The zero-order valence-electron chi connectivity index (χ0n) is 5.29. The van der Waals surface area contributed by atoms with Gasteiger partial charge in [-0.05, 0) is 6.20 Å². The van der Waals surface area contributed by atoms with Crippen molar-refractivity contribution in [3.63, 3.8) is 0 Å². The average molecular weight is 122 g/mol. The van der Waals surface area contributed by atoms with E-state index >= 15 is 0 Å². The van der Waals surface area contributed by atoms with E-state index in [1.807, 2.05) is 30.2 Å². The summed E-state index contributed by atoms with van der Waals surface area (Å²) in [7, 11) is 1.88. The van der Waals surface area contributed by atoms with Gasteiger partial charge in [-0.1, -0.05) is 6.08 Å². The average Bonchev–Trinajstić information content (AvgIpc) is 1.88. The van der Waals surface area contributed by atoms with Gasteiger partial charge in [-0.25, -0.2) is 4.79 Å². The van der Waals surface area contributed by atoms with E-state index in [0.717, 1.165) is 0 Å². The lowest BCUT2D eigenvalue weighted by molar-refractivity contribution is 0.540. The van der Waals surface area contributed by atoms with Crippen LogP contribution in [0, 0.1) is 6.54 Å². The number of carbonyl (C=O) groups excluding carboxylic acids is 1. The van der Waals surface area contributed by atoms with Gasteiger partial charge in [0.05, 0.1) is 6.54 Å². The van der Waals surface area contributed by atoms with Crippen LogP contribution in [0.1, 0.15) is 6.42 Å². The van der Waals surface area contributed by atoms with Crippen LogP contribution in [0.4, 0.5) is 0 Å². The number of allylic oxidation sites excluding steroid dienone is 1. The van der Waals surface area contributed by atoms with Crippen molar-refractivity contribution in [2.24, 2.45) is 0 Å². The molecule has 0 aromatic carbocycles. The highest BCUT2D eigenvalue weighted by atomic mass is 16.1. The van der Waals surface area contributed by atoms with E-state index in [0.29, 0.717) is 12.0 Å². The van der Waals surface area contributed by atoms with E-state index in [-0.39, 0.29) is 0 Å². The van der Waals surface area contributed by atoms with Gasteiger partial charge in [-0.15, -0.1) is 0 Å². The van der Waals surface area contributed by atoms with Gasteiger partial charge in [0, 0.05) is 19.0 Å². The topological polar surface area (TPSA) is 20.3 Å². The van der Waals surface area contributed by atoms with E-state index in [1.54, 1.807) is 6.54 Å². The second-order valence-electron chi connectivity index (χ2n) is 2.01. The molecule has 9 heavy (non-hydrogen) atoms. The summed E-state index contributed by atoms with van der Waals surface area (Å²) < 4.78 is 0. The number of hydrogen-bond donors (Lipinski definition) is 0. The van der Waals surface area contributed by atoms with Gasteiger partial charge < -0.3 is 4.90 Å². The predicted molar refractivity (Wildman–Crippen MR) is 35.0 cm³/mol. The fourth-order valence-corrected chi connectivity index (χ4v) is 0.756. The van der Waals surface area contributed by atoms with Gasteiger partial charge in [-0.2, -0.15) is 0 Å². The van der Waals surface area contributed by atoms with Gasteiger partial charge in [0.15, 0.2) is 0 Å². The standard InChI is InChI=1S/C7H8NO/c1-8-4-2-3-7(5-8)6-9/h2,4-5H,3H2,1H3. The molecule has 1 heterocycles. The molecule has 1 aliphatic heterocycles. The molecule has 1 rings (SSSR count). The van der Waals surface area contributed by atoms with Gasteiger partial charge in [-0.3, -0.25) is 0 Å². The molecule has 0 saturated heterocycles. The molecule has 2 heteroatoms. The maximum Gasteiger partial charge on any atom is 0.126 e. The van der Waals surface area contributed by atoms with Crippen LogP contribution in [-0.2, 0) is 4.79 Å². The van der Waals surface area contributed by atoms with Crippen LogP contribution >= 0.6 is 0 Å². The molecule has 0 aliphatic carbocycles. The fraction of sp³-hybridized carbons (Fsp3) is 0.286. The predicted octanol–water partition coefficient (Wildman–Crippen LogP) is 0.755. The lowest BCUT2D eigenvalue weighted by atomic mass is 10.1. The second kappa shape index (κ2) is 2.51. The Morgan fingerprint density at radius 3 is 3.00 bits per heavy atom. The number of hydrogen-bond acceptors (Lipinski definition) is 2. The summed E-state index contributed by atoms with van der Waals surface area (Å²) >= 11 is 0. The first-order chi connectivity index (χ1) is 4.33. The summed E-state index contributed by atoms with van der Waals surface area (Å²) in [5.41, 5.74) is 0.708. The first kappa shape index (κ1) is 6.12. The Hall–Kier alpha value is -1.01. The van der Waals surface area contributed by atoms with Crippen molar-refractivity contribution >= 4 is 5.94 Å². The third-order valence-corrected chi connectivity index (χ3v) is 1.17. The maximum atomic E-state index is 10.1. The highest BCUT2D eigenvalue weighted by molar-refractivity contribution is 5.56. The Bertz CT molecular complexity index is 177. The monoisotopic (exact) mass is 122 g/mol. The fourth-order valence-electron chi connectivity index (χ4n) is 0.756. The van der Waals surface area contributed by atoms with Crippen LogP contribution in [0.15, 0.2) is 17.8 Å². The minimum atomic E-state index is 0.708. The maximum absolute atomic E-state index is 10.1. The largest absolute Gasteiger partial charge is 0.371 e. The summed E-state index contributed by atoms with van der Waals surface area (Å²) in [5, 5.41) is 0. The lowest BCUT2D eigenvalue weighted by Crippen LogP contribution is -2.11. The van der Waals surface area contributed by atoms with E-state index in [9.17, 15) is 4.79 Å². The minimum absolute atomic E-state index is 0.708. The van der Waals surface area contributed by atoms with Crippen LogP contribution in [0.2, 0.25) is 0 Å². The molecule has 0 bridgehead atoms. The van der Waals surface area contributed by atoms with Crippen LogP contribution in [0.25, 0.3) is 0 Å². The highest BCUT2D eigenvalue weighted by Crippen LogP contribution is 2.11. The molecule has 0 unspecified atom stereocenters. The van der Waals surface area contributed by atoms with Gasteiger partial charge in [0.25, 0.3) is 0 Å². The van der Waals surface area contributed by atoms with Gasteiger partial charge in [0.1, 0.15) is 5.94 Å². The molecule has 1 aliphatic rings. The summed E-state index contributed by atoms with van der Waals surface area (Å²) in [6.45, 7) is 1.77. The van der Waals surface area contributed by atoms with Crippen LogP contribution in [-0.4, -0.2) is 17.9 Å². The second-order valence-corrected chi connectivity index (χ2v) is 2.01. The number of rotatable bonds is 0. The summed E-state index contributed by atoms with van der Waals surface area (Å²) in [6, 6.07) is 0. The van der Waals surface area contributed by atoms with E-state index in [4.69, 9.17) is 0 Å². The smallest absolute Gasteiger partial charge is 0.126 e. The van der Waals surface area contributed by atoms with Crippen molar-refractivity contribution in [1.29, 1.82) is 0 Å². The minimum Gasteiger partial charge on any atom is -0.371 e. The molecule has 47 valence electrons. The molecule has 0 N–H and O–H groups in total. The Morgan fingerprint density at radius 1 is 1.78 bits per heavy atom. The molecule has 0 aromatic rings. The van der Waals surface area contributed by atoms with Crippen molar-refractivity contribution in [3.8, 4) is 0 Å². The van der Waals surface area contributed by atoms with E-state index in [2.05, 4.69) is 0 Å². The molecule has 2 nitrogen and oxygen atoms in total. The normalized spacial score (nSPS) is 17.9. The summed E-state index contributed by atoms with van der Waals surface area (Å²) in [4.78, 5) is 11.9. The summed E-state index contributed by atoms with van der Waals surface area (Å²) in [6.07, 6.45) is 4.56. The molecule has 0 atom stereocenters. The molecular weight excluding hydrogens is 114 g/mol. The molecular formula is C7H8NO. The molecule has 1 radical (unpaired) electrons. The zero-order chi connectivity index (χ0) is 6.69. The van der Waals surface area contributed by atoms with E-state index < -0.39 is 0 Å². The Labute approximate surface area is 54.5 Å². The molecule has 0 fully saturated rings. The quantitative estimate of drug-likeness (QED) is 0.442. The first-order valence-corrected chi connectivity index (χ1v) is 2.80. The Kier molecular flexibility index (Phi) is 1.71. The first-order valence-electron chi connectivity index (χ1n) is 2.80. The van der Waals surface area contributed by atoms with Crippen molar-refractivity contribution in [2.75, 3.05) is 7.05 Å². The Balaban J connectivity index is 2.68. The number of likely N-dealkylation sites (N-methyl/N-ethyl adjacent to an activating group) is 1. The Morgan fingerprint density at radius 2 is 2.56 bits per heavy atom. The summed E-state index contributed by atoms with van der Waals surface area (Å²) in [5.74, 6) is 1.85. The van der Waals surface area contributed by atoms with Crippen LogP contribution in [0.5, 0.6) is 0 Å². The lowest BCUT2D eigenvalue weighted by Gasteiger charge is -2.16. The molecule has 0 spiro atoms. The van der Waals surface area contributed by atoms with Crippen LogP contribution < -0.4 is 0 Å². The van der Waals surface area contributed by atoms with E-state index in [1.165, 1.54) is 0 Å². The molecule has 0 amide bonds. The van der Waals surface area contributed by atoms with Crippen LogP contribution in [0.3, 0.4) is 0 Å². The van der Waals surface area contributed by atoms with Gasteiger partial charge in [0.2, 0.25) is 0 Å². The SMILES string of the molecule is CN1[CH]C(=C=O)CC=C1. The van der Waals surface area contributed by atoms with Crippen molar-refractivity contribution < 1.29 is 4.79 Å². The van der Waals surface area contributed by atoms with Crippen molar-refractivity contribution in [3.05, 3.63) is 24.4 Å². The van der Waals surface area contributed by atoms with Gasteiger partial charge >= 0.3 is 0 Å². The zero-order valence-corrected chi connectivity index (χ0v) is 5.29. The third-order valence-electron chi connectivity index (χ3n) is 1.17. The highest BCUT2D eigenvalue weighted by Gasteiger charge is 2.03.